The van der Waals surface area contributed by atoms with Crippen LogP contribution in [0.15, 0.2) is 48.6 Å². The highest BCUT2D eigenvalue weighted by Gasteiger charge is 2.26. The summed E-state index contributed by atoms with van der Waals surface area (Å²) in [5.41, 5.74) is 0. The Morgan fingerprint density at radius 1 is 0.681 bits per heavy atom. The van der Waals surface area contributed by atoms with Gasteiger partial charge in [-0.2, -0.15) is 0 Å². The third kappa shape index (κ3) is 35.6. The second-order valence-corrected chi connectivity index (χ2v) is 14.7. The van der Waals surface area contributed by atoms with E-state index in [4.69, 9.17) is 18.5 Å². The van der Waals surface area contributed by atoms with Crippen LogP contribution in [-0.4, -0.2) is 75.6 Å². The van der Waals surface area contributed by atoms with Crippen molar-refractivity contribution in [2.75, 3.05) is 54.1 Å². The number of hydrogen-bond donors (Lipinski definition) is 1. The van der Waals surface area contributed by atoms with Crippen molar-refractivity contribution < 1.29 is 37.3 Å². The van der Waals surface area contributed by atoms with Gasteiger partial charge in [0.2, 0.25) is 0 Å². The van der Waals surface area contributed by atoms with Gasteiger partial charge < -0.3 is 18.9 Å². The third-order valence-corrected chi connectivity index (χ3v) is 8.39. The summed E-state index contributed by atoms with van der Waals surface area (Å²) < 4.78 is 34.7. The van der Waals surface area contributed by atoms with E-state index in [-0.39, 0.29) is 32.2 Å². The molecule has 0 fully saturated rings. The van der Waals surface area contributed by atoms with Crippen molar-refractivity contribution in [3.05, 3.63) is 48.6 Å². The molecule has 0 radical (unpaired) electrons. The van der Waals surface area contributed by atoms with Gasteiger partial charge in [0, 0.05) is 13.0 Å². The van der Waals surface area contributed by atoms with E-state index in [0.717, 1.165) is 51.4 Å². The number of phosphoric ester groups is 1. The molecule has 47 heavy (non-hydrogen) atoms. The molecule has 274 valence electrons. The predicted octanol–water partition coefficient (Wildman–Crippen LogP) is 10.0. The van der Waals surface area contributed by atoms with Crippen molar-refractivity contribution in [1.82, 2.24) is 0 Å². The predicted molar refractivity (Wildman–Crippen MR) is 196 cm³/mol. The van der Waals surface area contributed by atoms with E-state index in [1.807, 2.05) is 21.1 Å². The van der Waals surface area contributed by atoms with Gasteiger partial charge >= 0.3 is 13.8 Å². The van der Waals surface area contributed by atoms with Crippen LogP contribution in [0.1, 0.15) is 129 Å². The van der Waals surface area contributed by atoms with E-state index >= 15 is 0 Å². The van der Waals surface area contributed by atoms with Gasteiger partial charge in [-0.25, -0.2) is 4.57 Å². The molecule has 0 saturated heterocycles. The monoisotopic (exact) mass is 684 g/mol. The van der Waals surface area contributed by atoms with Crippen molar-refractivity contribution >= 4 is 13.8 Å². The van der Waals surface area contributed by atoms with Crippen LogP contribution in [0.5, 0.6) is 0 Å². The Labute approximate surface area is 288 Å². The first-order valence-corrected chi connectivity index (χ1v) is 19.9. The minimum Gasteiger partial charge on any atom is -0.457 e. The number of esters is 1. The number of ether oxygens (including phenoxy) is 2. The van der Waals surface area contributed by atoms with E-state index in [1.54, 1.807) is 0 Å². The molecule has 0 aromatic heterocycles. The summed E-state index contributed by atoms with van der Waals surface area (Å²) >= 11 is 0. The largest absolute Gasteiger partial charge is 0.472 e. The van der Waals surface area contributed by atoms with Gasteiger partial charge in [0.1, 0.15) is 19.3 Å². The van der Waals surface area contributed by atoms with E-state index < -0.39 is 13.9 Å². The molecule has 2 atom stereocenters. The molecule has 0 spiro atoms. The van der Waals surface area contributed by atoms with Crippen molar-refractivity contribution in [3.8, 4) is 0 Å². The molecule has 0 aromatic carbocycles. The SMILES string of the molecule is CC/C=C\C/C=C\C/C=C\C/C=C\CCCCC(=O)OC(COCCCCCCCCCCCC)COP(=O)(O)OCC[N+](C)(C)C. The number of allylic oxidation sites excluding steroid dienone is 8. The van der Waals surface area contributed by atoms with Gasteiger partial charge in [-0.1, -0.05) is 120 Å². The average molecular weight is 685 g/mol. The van der Waals surface area contributed by atoms with Crippen LogP contribution in [0.4, 0.5) is 0 Å². The molecule has 2 unspecified atom stereocenters. The van der Waals surface area contributed by atoms with Gasteiger partial charge in [-0.05, 0) is 51.4 Å². The first-order chi connectivity index (χ1) is 22.6. The van der Waals surface area contributed by atoms with Crippen LogP contribution in [0.3, 0.4) is 0 Å². The van der Waals surface area contributed by atoms with Gasteiger partial charge in [-0.15, -0.1) is 0 Å². The number of rotatable bonds is 33. The van der Waals surface area contributed by atoms with Gasteiger partial charge in [0.15, 0.2) is 0 Å². The molecule has 0 heterocycles. The molecule has 0 aliphatic carbocycles. The van der Waals surface area contributed by atoms with E-state index in [9.17, 15) is 14.3 Å². The zero-order chi connectivity index (χ0) is 34.9. The summed E-state index contributed by atoms with van der Waals surface area (Å²) in [4.78, 5) is 22.7. The number of likely N-dealkylation sites (N-methyl/N-ethyl adjacent to an activating group) is 1. The second-order valence-electron chi connectivity index (χ2n) is 13.2. The number of nitrogens with zero attached hydrogens (tertiary/aromatic N) is 1. The van der Waals surface area contributed by atoms with Crippen LogP contribution in [0.2, 0.25) is 0 Å². The van der Waals surface area contributed by atoms with Crippen molar-refractivity contribution in [1.29, 1.82) is 0 Å². The fourth-order valence-electron chi connectivity index (χ4n) is 4.54. The van der Waals surface area contributed by atoms with Crippen LogP contribution < -0.4 is 0 Å². The van der Waals surface area contributed by atoms with E-state index in [2.05, 4.69) is 62.5 Å². The molecule has 0 saturated carbocycles. The Morgan fingerprint density at radius 2 is 1.23 bits per heavy atom. The van der Waals surface area contributed by atoms with Crippen LogP contribution in [-0.2, 0) is 27.9 Å². The highest BCUT2D eigenvalue weighted by molar-refractivity contribution is 7.47. The first-order valence-electron chi connectivity index (χ1n) is 18.4. The summed E-state index contributed by atoms with van der Waals surface area (Å²) in [5.74, 6) is -0.356. The highest BCUT2D eigenvalue weighted by Crippen LogP contribution is 2.43. The lowest BCUT2D eigenvalue weighted by molar-refractivity contribution is -0.870. The maximum atomic E-state index is 12.6. The number of phosphoric acid groups is 1. The zero-order valence-electron chi connectivity index (χ0n) is 30.8. The average Bonchev–Trinajstić information content (AvgIpc) is 3.01. The Morgan fingerprint density at radius 3 is 1.81 bits per heavy atom. The molecular weight excluding hydrogens is 613 g/mol. The normalized spacial score (nSPS) is 14.6. The molecular formula is C38H71NO7P+. The molecule has 0 amide bonds. The highest BCUT2D eigenvalue weighted by atomic mass is 31.2. The molecule has 0 bridgehead atoms. The summed E-state index contributed by atoms with van der Waals surface area (Å²) in [6, 6.07) is 0. The van der Waals surface area contributed by atoms with Crippen molar-refractivity contribution in [2.24, 2.45) is 0 Å². The first kappa shape index (κ1) is 45.5. The minimum absolute atomic E-state index is 0.0796. The Hall–Kier alpha value is -1.54. The standard InChI is InChI=1S/C38H70NO7P/c1-6-8-10-12-14-16-18-19-20-21-22-23-25-27-29-31-38(40)46-37(36-45-47(41,42)44-34-32-39(3,4)5)35-43-33-30-28-26-24-17-15-13-11-9-7-2/h8,10,14,16,19-20,22-23,37H,6-7,9,11-13,15,17-18,21,24-36H2,1-5H3/p+1/b10-8-,16-14-,20-19-,23-22-. The number of unbranched alkanes of at least 4 members (excludes halogenated alkanes) is 11. The topological polar surface area (TPSA) is 91.3 Å². The molecule has 0 rings (SSSR count). The summed E-state index contributed by atoms with van der Waals surface area (Å²) in [7, 11) is 1.63. The maximum Gasteiger partial charge on any atom is 0.472 e. The lowest BCUT2D eigenvalue weighted by Gasteiger charge is -2.24. The smallest absolute Gasteiger partial charge is 0.457 e. The quantitative estimate of drug-likeness (QED) is 0.0242. The Bertz CT molecular complexity index is 895. The van der Waals surface area contributed by atoms with Crippen LogP contribution in [0, 0.1) is 0 Å². The molecule has 1 N–H and O–H groups in total. The Balaban J connectivity index is 4.41. The number of carbonyl (C=O) groups is 1. The van der Waals surface area contributed by atoms with E-state index in [0.29, 0.717) is 24.1 Å². The number of hydrogen-bond acceptors (Lipinski definition) is 6. The molecule has 0 aliphatic rings. The van der Waals surface area contributed by atoms with Crippen LogP contribution >= 0.6 is 7.82 Å². The maximum absolute atomic E-state index is 12.6. The van der Waals surface area contributed by atoms with E-state index in [1.165, 1.54) is 51.4 Å². The van der Waals surface area contributed by atoms with Gasteiger partial charge in [-0.3, -0.25) is 13.8 Å². The second kappa shape index (κ2) is 31.7. The van der Waals surface area contributed by atoms with Gasteiger partial charge in [0.25, 0.3) is 0 Å². The third-order valence-electron chi connectivity index (χ3n) is 7.40. The number of carbonyl (C=O) groups excluding carboxylic acids is 1. The number of quaternary nitrogens is 1. The Kier molecular flexibility index (Phi) is 30.7. The summed E-state index contributed by atoms with van der Waals surface area (Å²) in [5, 5.41) is 0. The van der Waals surface area contributed by atoms with Crippen molar-refractivity contribution in [2.45, 2.75) is 136 Å². The molecule has 0 aromatic rings. The lowest BCUT2D eigenvalue weighted by Crippen LogP contribution is -2.37. The molecule has 0 aliphatic heterocycles. The zero-order valence-corrected chi connectivity index (χ0v) is 31.6. The lowest BCUT2D eigenvalue weighted by atomic mass is 10.1. The van der Waals surface area contributed by atoms with Crippen molar-refractivity contribution in [3.63, 3.8) is 0 Å². The minimum atomic E-state index is -4.27. The molecule has 9 heteroatoms. The fraction of sp³-hybridized carbons (Fsp3) is 0.763. The summed E-state index contributed by atoms with van der Waals surface area (Å²) in [6.45, 7) is 5.42. The fourth-order valence-corrected chi connectivity index (χ4v) is 5.28. The van der Waals surface area contributed by atoms with Gasteiger partial charge in [0.05, 0.1) is 34.4 Å². The van der Waals surface area contributed by atoms with Crippen LogP contribution in [0.25, 0.3) is 0 Å². The molecule has 8 nitrogen and oxygen atoms in total. The summed E-state index contributed by atoms with van der Waals surface area (Å²) in [6.07, 6.45) is 35.7.